The predicted molar refractivity (Wildman–Crippen MR) is 117 cm³/mol. The number of anilines is 2. The van der Waals surface area contributed by atoms with Crippen molar-refractivity contribution in [3.8, 4) is 0 Å². The number of nitrogens with zero attached hydrogens (tertiary/aromatic N) is 2. The van der Waals surface area contributed by atoms with Crippen molar-refractivity contribution in [2.45, 2.75) is 25.8 Å². The van der Waals surface area contributed by atoms with Crippen LogP contribution in [0, 0.1) is 0 Å². The molecule has 0 radical (unpaired) electrons. The highest BCUT2D eigenvalue weighted by molar-refractivity contribution is 6.39. The third-order valence-corrected chi connectivity index (χ3v) is 5.52. The number of fused-ring (bicyclic) bond motifs is 1. The Morgan fingerprint density at radius 1 is 1.10 bits per heavy atom. The van der Waals surface area contributed by atoms with Gasteiger partial charge in [0.1, 0.15) is 0 Å². The second kappa shape index (κ2) is 9.09. The van der Waals surface area contributed by atoms with Gasteiger partial charge < -0.3 is 20.4 Å². The van der Waals surface area contributed by atoms with E-state index in [0.29, 0.717) is 12.2 Å². The summed E-state index contributed by atoms with van der Waals surface area (Å²) in [5, 5.41) is 5.43. The summed E-state index contributed by atoms with van der Waals surface area (Å²) < 4.78 is 0. The van der Waals surface area contributed by atoms with Crippen molar-refractivity contribution < 1.29 is 9.59 Å². The SMILES string of the molecule is CCc1ccc(NC(=O)C(=O)NCC(c2ccc3c(c2)CCN3C)N(C)C)cc1. The lowest BCUT2D eigenvalue weighted by Gasteiger charge is -2.26. The van der Waals surface area contributed by atoms with Gasteiger partial charge in [0.2, 0.25) is 0 Å². The lowest BCUT2D eigenvalue weighted by Crippen LogP contribution is -2.40. The summed E-state index contributed by atoms with van der Waals surface area (Å²) in [4.78, 5) is 28.9. The van der Waals surface area contributed by atoms with Crippen LogP contribution in [0.5, 0.6) is 0 Å². The molecule has 0 aromatic heterocycles. The average molecular weight is 395 g/mol. The highest BCUT2D eigenvalue weighted by Crippen LogP contribution is 2.30. The largest absolute Gasteiger partial charge is 0.374 e. The molecule has 0 saturated heterocycles. The number of nitrogens with one attached hydrogen (secondary N) is 2. The molecule has 2 aromatic carbocycles. The fourth-order valence-corrected chi connectivity index (χ4v) is 3.67. The summed E-state index contributed by atoms with van der Waals surface area (Å²) in [7, 11) is 6.06. The van der Waals surface area contributed by atoms with Gasteiger partial charge in [-0.2, -0.15) is 0 Å². The summed E-state index contributed by atoms with van der Waals surface area (Å²) in [6, 6.07) is 14.0. The van der Waals surface area contributed by atoms with Gasteiger partial charge in [-0.15, -0.1) is 0 Å². The van der Waals surface area contributed by atoms with Crippen molar-refractivity contribution in [3.05, 3.63) is 59.2 Å². The predicted octanol–water partition coefficient (Wildman–Crippen LogP) is 2.60. The minimum Gasteiger partial charge on any atom is -0.374 e. The van der Waals surface area contributed by atoms with Gasteiger partial charge >= 0.3 is 11.8 Å². The highest BCUT2D eigenvalue weighted by Gasteiger charge is 2.22. The zero-order valence-electron chi connectivity index (χ0n) is 17.7. The van der Waals surface area contributed by atoms with Crippen LogP contribution >= 0.6 is 0 Å². The summed E-state index contributed by atoms with van der Waals surface area (Å²) in [5.41, 5.74) is 5.54. The lowest BCUT2D eigenvalue weighted by atomic mass is 10.0. The van der Waals surface area contributed by atoms with Crippen LogP contribution < -0.4 is 15.5 Å². The number of rotatable bonds is 6. The van der Waals surface area contributed by atoms with Crippen molar-refractivity contribution in [3.63, 3.8) is 0 Å². The molecule has 6 nitrogen and oxygen atoms in total. The average Bonchev–Trinajstić information content (AvgIpc) is 3.08. The van der Waals surface area contributed by atoms with Crippen LogP contribution in [-0.4, -0.2) is 50.9 Å². The first kappa shape index (κ1) is 20.9. The quantitative estimate of drug-likeness (QED) is 0.740. The topological polar surface area (TPSA) is 64.7 Å². The van der Waals surface area contributed by atoms with Gasteiger partial charge in [-0.3, -0.25) is 9.59 Å². The zero-order valence-corrected chi connectivity index (χ0v) is 17.7. The first-order valence-corrected chi connectivity index (χ1v) is 10.1. The molecule has 2 N–H and O–H groups in total. The molecular weight excluding hydrogens is 364 g/mol. The molecule has 0 fully saturated rings. The van der Waals surface area contributed by atoms with E-state index in [1.54, 1.807) is 0 Å². The maximum absolute atomic E-state index is 12.3. The fraction of sp³-hybridized carbons (Fsp3) is 0.391. The van der Waals surface area contributed by atoms with Gasteiger partial charge in [-0.1, -0.05) is 31.2 Å². The first-order chi connectivity index (χ1) is 13.9. The summed E-state index contributed by atoms with van der Waals surface area (Å²) >= 11 is 0. The third kappa shape index (κ3) is 4.95. The van der Waals surface area contributed by atoms with Crippen molar-refractivity contribution >= 4 is 23.2 Å². The number of hydrogen-bond acceptors (Lipinski definition) is 4. The number of amides is 2. The Bertz CT molecular complexity index is 877. The molecule has 1 heterocycles. The number of carbonyl (C=O) groups excluding carboxylic acids is 2. The van der Waals surface area contributed by atoms with Gasteiger partial charge in [0.05, 0.1) is 6.04 Å². The molecule has 1 unspecified atom stereocenters. The van der Waals surface area contributed by atoms with Gasteiger partial charge in [0.25, 0.3) is 0 Å². The molecule has 1 aliphatic heterocycles. The second-order valence-corrected chi connectivity index (χ2v) is 7.75. The van der Waals surface area contributed by atoms with Crippen LogP contribution in [0.3, 0.4) is 0 Å². The molecule has 6 heteroatoms. The maximum Gasteiger partial charge on any atom is 0.313 e. The molecule has 2 aromatic rings. The van der Waals surface area contributed by atoms with Crippen molar-refractivity contribution in [1.82, 2.24) is 10.2 Å². The number of aryl methyl sites for hydroxylation is 1. The molecule has 154 valence electrons. The smallest absolute Gasteiger partial charge is 0.313 e. The van der Waals surface area contributed by atoms with E-state index in [2.05, 4.69) is 52.6 Å². The van der Waals surface area contributed by atoms with E-state index in [1.807, 2.05) is 38.4 Å². The van der Waals surface area contributed by atoms with E-state index in [1.165, 1.54) is 16.8 Å². The summed E-state index contributed by atoms with van der Waals surface area (Å²) in [5.74, 6) is -1.28. The Labute approximate surface area is 172 Å². The van der Waals surface area contributed by atoms with E-state index in [-0.39, 0.29) is 6.04 Å². The van der Waals surface area contributed by atoms with Gasteiger partial charge in [-0.25, -0.2) is 0 Å². The van der Waals surface area contributed by atoms with Crippen LogP contribution in [0.2, 0.25) is 0 Å². The molecule has 29 heavy (non-hydrogen) atoms. The molecule has 1 aliphatic rings. The Morgan fingerprint density at radius 2 is 1.83 bits per heavy atom. The van der Waals surface area contributed by atoms with Crippen LogP contribution in [0.4, 0.5) is 11.4 Å². The summed E-state index contributed by atoms with van der Waals surface area (Å²) in [6.07, 6.45) is 1.96. The Morgan fingerprint density at radius 3 is 2.48 bits per heavy atom. The Kier molecular flexibility index (Phi) is 6.54. The molecule has 0 saturated carbocycles. The van der Waals surface area contributed by atoms with E-state index >= 15 is 0 Å². The van der Waals surface area contributed by atoms with Gasteiger partial charge in [0.15, 0.2) is 0 Å². The van der Waals surface area contributed by atoms with E-state index in [4.69, 9.17) is 0 Å². The molecule has 0 spiro atoms. The number of hydrogen-bond donors (Lipinski definition) is 2. The van der Waals surface area contributed by atoms with Crippen molar-refractivity contribution in [2.75, 3.05) is 44.4 Å². The van der Waals surface area contributed by atoms with Crippen molar-refractivity contribution in [2.24, 2.45) is 0 Å². The second-order valence-electron chi connectivity index (χ2n) is 7.75. The molecule has 0 aliphatic carbocycles. The molecule has 0 bridgehead atoms. The standard InChI is InChI=1S/C23H30N4O2/c1-5-16-6-9-19(10-7-16)25-23(29)22(28)24-15-21(26(2)3)17-8-11-20-18(14-17)12-13-27(20)4/h6-11,14,21H,5,12-13,15H2,1-4H3,(H,24,28)(H,25,29). The van der Waals surface area contributed by atoms with Crippen molar-refractivity contribution in [1.29, 1.82) is 0 Å². The number of likely N-dealkylation sites (N-methyl/N-ethyl adjacent to an activating group) is 2. The van der Waals surface area contributed by atoms with Gasteiger partial charge in [0, 0.05) is 31.5 Å². The van der Waals surface area contributed by atoms with Crippen LogP contribution in [-0.2, 0) is 22.4 Å². The number of carbonyl (C=O) groups is 2. The highest BCUT2D eigenvalue weighted by atomic mass is 16.2. The van der Waals surface area contributed by atoms with Gasteiger partial charge in [-0.05, 0) is 61.8 Å². The molecule has 2 amide bonds. The van der Waals surface area contributed by atoms with Crippen LogP contribution in [0.25, 0.3) is 0 Å². The number of benzene rings is 2. The van der Waals surface area contributed by atoms with Crippen LogP contribution in [0.15, 0.2) is 42.5 Å². The normalized spacial score (nSPS) is 13.9. The zero-order chi connectivity index (χ0) is 21.0. The van der Waals surface area contributed by atoms with E-state index in [9.17, 15) is 9.59 Å². The monoisotopic (exact) mass is 394 g/mol. The fourth-order valence-electron chi connectivity index (χ4n) is 3.67. The first-order valence-electron chi connectivity index (χ1n) is 10.1. The van der Waals surface area contributed by atoms with E-state index < -0.39 is 11.8 Å². The maximum atomic E-state index is 12.3. The Hall–Kier alpha value is -2.86. The molecule has 1 atom stereocenters. The van der Waals surface area contributed by atoms with Crippen LogP contribution in [0.1, 0.15) is 29.7 Å². The Balaban J connectivity index is 1.61. The molecule has 3 rings (SSSR count). The minimum absolute atomic E-state index is 0.00760. The summed E-state index contributed by atoms with van der Waals surface area (Å²) in [6.45, 7) is 3.46. The third-order valence-electron chi connectivity index (χ3n) is 5.52. The lowest BCUT2D eigenvalue weighted by molar-refractivity contribution is -0.136. The minimum atomic E-state index is -0.651. The molecular formula is C23H30N4O2. The van der Waals surface area contributed by atoms with E-state index in [0.717, 1.165) is 24.9 Å².